The van der Waals surface area contributed by atoms with E-state index in [2.05, 4.69) is 28.6 Å². The maximum atomic E-state index is 12.7. The molecule has 2 aromatic heterocycles. The first-order valence-corrected chi connectivity index (χ1v) is 12.0. The number of amides is 2. The molecule has 188 valence electrons. The van der Waals surface area contributed by atoms with Crippen LogP contribution in [0.1, 0.15) is 43.0 Å². The minimum Gasteiger partial charge on any atom is -0.496 e. The van der Waals surface area contributed by atoms with Crippen LogP contribution >= 0.6 is 0 Å². The summed E-state index contributed by atoms with van der Waals surface area (Å²) in [7, 11) is 1.51. The molecule has 3 heterocycles. The van der Waals surface area contributed by atoms with Gasteiger partial charge in [0.25, 0.3) is 11.8 Å². The number of pyridine rings is 1. The minimum absolute atomic E-state index is 0.274. The van der Waals surface area contributed by atoms with Crippen LogP contribution in [-0.2, 0) is 19.5 Å². The van der Waals surface area contributed by atoms with Gasteiger partial charge in [0, 0.05) is 36.7 Å². The number of benzene rings is 2. The lowest BCUT2D eigenvalue weighted by Gasteiger charge is -2.12. The van der Waals surface area contributed by atoms with E-state index in [0.29, 0.717) is 41.5 Å². The Bertz CT molecular complexity index is 1520. The van der Waals surface area contributed by atoms with Crippen molar-refractivity contribution < 1.29 is 14.3 Å². The first-order valence-electron chi connectivity index (χ1n) is 12.0. The van der Waals surface area contributed by atoms with Crippen LogP contribution in [0.4, 0.5) is 11.5 Å². The molecule has 1 aliphatic rings. The van der Waals surface area contributed by atoms with Crippen LogP contribution in [0.5, 0.6) is 5.75 Å². The number of anilines is 2. The highest BCUT2D eigenvalue weighted by molar-refractivity contribution is 6.04. The first-order chi connectivity index (χ1) is 17.9. The molecule has 9 nitrogen and oxygen atoms in total. The number of carbonyl (C=O) groups excluding carboxylic acids is 2. The molecule has 4 N–H and O–H groups in total. The fourth-order valence-corrected chi connectivity index (χ4v) is 4.63. The maximum Gasteiger partial charge on any atom is 0.256 e. The van der Waals surface area contributed by atoms with Gasteiger partial charge >= 0.3 is 0 Å². The van der Waals surface area contributed by atoms with E-state index in [4.69, 9.17) is 15.6 Å². The first kappa shape index (κ1) is 24.1. The van der Waals surface area contributed by atoms with Crippen LogP contribution in [0.2, 0.25) is 0 Å². The third-order valence-electron chi connectivity index (χ3n) is 6.61. The number of nitrogens with one attached hydrogen (secondary N) is 2. The molecule has 0 atom stereocenters. The highest BCUT2D eigenvalue weighted by Crippen LogP contribution is 2.35. The summed E-state index contributed by atoms with van der Waals surface area (Å²) < 4.78 is 7.07. The van der Waals surface area contributed by atoms with E-state index >= 15 is 0 Å². The molecule has 0 bridgehead atoms. The van der Waals surface area contributed by atoms with Crippen LogP contribution in [0.15, 0.2) is 54.9 Å². The number of nitrogens with zero attached hydrogens (tertiary/aromatic N) is 3. The van der Waals surface area contributed by atoms with E-state index in [-0.39, 0.29) is 5.91 Å². The highest BCUT2D eigenvalue weighted by atomic mass is 16.5. The van der Waals surface area contributed by atoms with Crippen LogP contribution < -0.4 is 21.1 Å². The molecule has 0 saturated carbocycles. The van der Waals surface area contributed by atoms with E-state index in [9.17, 15) is 9.59 Å². The van der Waals surface area contributed by atoms with Gasteiger partial charge in [-0.25, -0.2) is 4.68 Å². The predicted octanol–water partition coefficient (Wildman–Crippen LogP) is 3.90. The van der Waals surface area contributed by atoms with Crippen molar-refractivity contribution in [1.29, 1.82) is 0 Å². The molecule has 5 rings (SSSR count). The SMILES string of the molecule is COc1ccncc1C(=O)NCc1ccc(-c2nn3c(c2C(N)=O)Nc2ccc(C)cc2CC3)cc1C. The molecular formula is C28H28N6O3. The number of carbonyl (C=O) groups is 2. The zero-order chi connectivity index (χ0) is 26.1. The second-order valence-corrected chi connectivity index (χ2v) is 9.10. The summed E-state index contributed by atoms with van der Waals surface area (Å²) in [6, 6.07) is 13.6. The topological polar surface area (TPSA) is 124 Å². The highest BCUT2D eigenvalue weighted by Gasteiger charge is 2.26. The van der Waals surface area contributed by atoms with Crippen LogP contribution in [0, 0.1) is 13.8 Å². The Balaban J connectivity index is 1.41. The predicted molar refractivity (Wildman–Crippen MR) is 141 cm³/mol. The second-order valence-electron chi connectivity index (χ2n) is 9.10. The van der Waals surface area contributed by atoms with Crippen molar-refractivity contribution in [2.45, 2.75) is 33.4 Å². The van der Waals surface area contributed by atoms with Gasteiger partial charge in [0.15, 0.2) is 0 Å². The van der Waals surface area contributed by atoms with Crippen molar-refractivity contribution in [3.8, 4) is 17.0 Å². The molecule has 4 aromatic rings. The summed E-state index contributed by atoms with van der Waals surface area (Å²) >= 11 is 0. The molecule has 0 radical (unpaired) electrons. The van der Waals surface area contributed by atoms with Crippen LogP contribution in [-0.4, -0.2) is 33.7 Å². The molecule has 1 aliphatic heterocycles. The Kier molecular flexibility index (Phi) is 6.35. The molecule has 37 heavy (non-hydrogen) atoms. The van der Waals surface area contributed by atoms with E-state index in [0.717, 1.165) is 28.8 Å². The minimum atomic E-state index is -0.543. The second kappa shape index (κ2) is 9.77. The number of hydrogen-bond acceptors (Lipinski definition) is 6. The number of primary amides is 1. The molecule has 0 unspecified atom stereocenters. The monoisotopic (exact) mass is 496 g/mol. The van der Waals surface area contributed by atoms with Gasteiger partial charge in [0.2, 0.25) is 0 Å². The normalized spacial score (nSPS) is 12.1. The van der Waals surface area contributed by atoms with Crippen molar-refractivity contribution in [1.82, 2.24) is 20.1 Å². The molecule has 0 aliphatic carbocycles. The summed E-state index contributed by atoms with van der Waals surface area (Å²) in [5.41, 5.74) is 13.1. The molecular weight excluding hydrogens is 468 g/mol. The number of nitrogens with two attached hydrogens (primary N) is 1. The van der Waals surface area contributed by atoms with E-state index in [1.165, 1.54) is 24.4 Å². The van der Waals surface area contributed by atoms with Gasteiger partial charge in [-0.15, -0.1) is 0 Å². The standard InChI is InChI=1S/C28H28N6O3/c1-16-4-7-22-18(12-16)9-11-34-27(32-22)24(26(29)35)25(33-34)19-5-6-20(17(2)13-19)14-31-28(36)21-15-30-10-8-23(21)37-3/h4-8,10,12-13,15,32H,9,11,14H2,1-3H3,(H2,29,35)(H,31,36). The number of aromatic nitrogens is 3. The quantitative estimate of drug-likeness (QED) is 0.372. The van der Waals surface area contributed by atoms with E-state index in [1.807, 2.05) is 41.9 Å². The number of ether oxygens (including phenoxy) is 1. The van der Waals surface area contributed by atoms with Crippen molar-refractivity contribution in [3.05, 3.63) is 88.2 Å². The Morgan fingerprint density at radius 1 is 1.16 bits per heavy atom. The number of methoxy groups -OCH3 is 1. The lowest BCUT2D eigenvalue weighted by molar-refractivity contribution is 0.0946. The molecule has 9 heteroatoms. The summed E-state index contributed by atoms with van der Waals surface area (Å²) in [5.74, 6) is 0.247. The lowest BCUT2D eigenvalue weighted by atomic mass is 10.0. The van der Waals surface area contributed by atoms with Gasteiger partial charge in [-0.1, -0.05) is 29.8 Å². The van der Waals surface area contributed by atoms with Gasteiger partial charge in [-0.05, 0) is 55.2 Å². The van der Waals surface area contributed by atoms with E-state index < -0.39 is 5.91 Å². The maximum absolute atomic E-state index is 12.7. The van der Waals surface area contributed by atoms with Gasteiger partial charge < -0.3 is 21.1 Å². The van der Waals surface area contributed by atoms with Crippen molar-refractivity contribution in [2.75, 3.05) is 12.4 Å². The van der Waals surface area contributed by atoms with E-state index in [1.54, 1.807) is 12.3 Å². The molecule has 2 aromatic carbocycles. The van der Waals surface area contributed by atoms with Crippen molar-refractivity contribution >= 4 is 23.3 Å². The van der Waals surface area contributed by atoms with Crippen LogP contribution in [0.25, 0.3) is 11.3 Å². The summed E-state index contributed by atoms with van der Waals surface area (Å²) in [6.07, 6.45) is 3.84. The van der Waals surface area contributed by atoms with Gasteiger partial charge in [-0.2, -0.15) is 5.10 Å². The zero-order valence-corrected chi connectivity index (χ0v) is 21.0. The molecule has 0 fully saturated rings. The average Bonchev–Trinajstić information content (AvgIpc) is 3.16. The van der Waals surface area contributed by atoms with Crippen molar-refractivity contribution in [3.63, 3.8) is 0 Å². The number of hydrogen-bond donors (Lipinski definition) is 3. The summed E-state index contributed by atoms with van der Waals surface area (Å²) in [4.78, 5) is 29.3. The average molecular weight is 497 g/mol. The molecule has 2 amide bonds. The fourth-order valence-electron chi connectivity index (χ4n) is 4.63. The third-order valence-corrected chi connectivity index (χ3v) is 6.61. The largest absolute Gasteiger partial charge is 0.496 e. The smallest absolute Gasteiger partial charge is 0.256 e. The Morgan fingerprint density at radius 3 is 2.76 bits per heavy atom. The Morgan fingerprint density at radius 2 is 2.00 bits per heavy atom. The third kappa shape index (κ3) is 4.63. The van der Waals surface area contributed by atoms with Gasteiger partial charge in [0.1, 0.15) is 22.8 Å². The summed E-state index contributed by atoms with van der Waals surface area (Å²) in [5, 5.41) is 11.1. The fraction of sp³-hybridized carbons (Fsp3) is 0.214. The number of aryl methyl sites for hydroxylation is 4. The molecule has 0 spiro atoms. The lowest BCUT2D eigenvalue weighted by Crippen LogP contribution is -2.24. The molecule has 0 saturated heterocycles. The zero-order valence-electron chi connectivity index (χ0n) is 21.0. The Hall–Kier alpha value is -4.66. The number of rotatable bonds is 6. The van der Waals surface area contributed by atoms with Crippen LogP contribution in [0.3, 0.4) is 0 Å². The van der Waals surface area contributed by atoms with Gasteiger partial charge in [0.05, 0.1) is 12.7 Å². The summed E-state index contributed by atoms with van der Waals surface area (Å²) in [6.45, 7) is 4.96. The number of fused-ring (bicyclic) bond motifs is 2. The van der Waals surface area contributed by atoms with Gasteiger partial charge in [-0.3, -0.25) is 14.6 Å². The Labute approximate surface area is 214 Å². The van der Waals surface area contributed by atoms with Crippen molar-refractivity contribution in [2.24, 2.45) is 5.73 Å².